The quantitative estimate of drug-likeness (QED) is 0.796. The van der Waals surface area contributed by atoms with E-state index in [1.807, 2.05) is 0 Å². The maximum Gasteiger partial charge on any atom is 0.407 e. The number of rotatable bonds is 0. The number of ether oxygens (including phenoxy) is 1. The van der Waals surface area contributed by atoms with E-state index in [2.05, 4.69) is 24.0 Å². The van der Waals surface area contributed by atoms with Crippen LogP contribution in [0.25, 0.3) is 0 Å². The van der Waals surface area contributed by atoms with Crippen LogP contribution in [0, 0.1) is 6.92 Å². The Hall–Kier alpha value is -1.91. The van der Waals surface area contributed by atoms with Crippen molar-refractivity contribution < 1.29 is 14.6 Å². The van der Waals surface area contributed by atoms with Gasteiger partial charge < -0.3 is 19.6 Å². The fourth-order valence-corrected chi connectivity index (χ4v) is 4.26. The number of hydrogen-bond acceptors (Lipinski definition) is 3. The summed E-state index contributed by atoms with van der Waals surface area (Å²) in [4.78, 5) is 15.3. The van der Waals surface area contributed by atoms with E-state index in [4.69, 9.17) is 4.74 Å². The molecule has 3 aliphatic rings. The molecular formula is C16H20N2O3. The molecule has 0 bridgehead atoms. The number of anilines is 1. The lowest BCUT2D eigenvalue weighted by atomic mass is 9.88. The fraction of sp³-hybridized carbons (Fsp3) is 0.562. The second-order valence-corrected chi connectivity index (χ2v) is 6.21. The molecule has 0 radical (unpaired) electrons. The Labute approximate surface area is 124 Å². The Morgan fingerprint density at radius 2 is 2.10 bits per heavy atom. The third kappa shape index (κ3) is 1.79. The van der Waals surface area contributed by atoms with Crippen molar-refractivity contribution in [2.45, 2.75) is 31.7 Å². The van der Waals surface area contributed by atoms with Crippen molar-refractivity contribution in [3.05, 3.63) is 23.3 Å². The number of nitrogens with zero attached hydrogens (tertiary/aromatic N) is 2. The minimum Gasteiger partial charge on any atom is -0.490 e. The van der Waals surface area contributed by atoms with Gasteiger partial charge in [0.05, 0.1) is 12.2 Å². The van der Waals surface area contributed by atoms with Gasteiger partial charge in [0.25, 0.3) is 0 Å². The molecule has 2 unspecified atom stereocenters. The maximum atomic E-state index is 11.2. The van der Waals surface area contributed by atoms with Gasteiger partial charge in [-0.3, -0.25) is 0 Å². The van der Waals surface area contributed by atoms with Gasteiger partial charge in [-0.25, -0.2) is 4.79 Å². The van der Waals surface area contributed by atoms with Crippen molar-refractivity contribution in [2.75, 3.05) is 31.1 Å². The van der Waals surface area contributed by atoms with Gasteiger partial charge in [0, 0.05) is 25.0 Å². The largest absolute Gasteiger partial charge is 0.490 e. The van der Waals surface area contributed by atoms with Crippen LogP contribution in [0.1, 0.15) is 29.9 Å². The molecule has 1 N–H and O–H groups in total. The van der Waals surface area contributed by atoms with E-state index >= 15 is 0 Å². The number of hydrogen-bond donors (Lipinski definition) is 1. The molecule has 5 heteroatoms. The first-order valence-electron chi connectivity index (χ1n) is 7.67. The average Bonchev–Trinajstić information content (AvgIpc) is 2.65. The second-order valence-electron chi connectivity index (χ2n) is 6.21. The Bertz CT molecular complexity index is 601. The molecule has 112 valence electrons. The Morgan fingerprint density at radius 3 is 2.90 bits per heavy atom. The number of likely N-dealkylation sites (tertiary alicyclic amines) is 1. The SMILES string of the molecule is Cc1ccc2c3c1C1CCN(C(=O)O)CCC1N3CCO2. The lowest BCUT2D eigenvalue weighted by Gasteiger charge is -2.33. The van der Waals surface area contributed by atoms with Gasteiger partial charge in [0.1, 0.15) is 12.4 Å². The van der Waals surface area contributed by atoms with Gasteiger partial charge >= 0.3 is 6.09 Å². The Balaban J connectivity index is 1.76. The summed E-state index contributed by atoms with van der Waals surface area (Å²) < 4.78 is 5.82. The van der Waals surface area contributed by atoms with E-state index in [1.165, 1.54) is 16.8 Å². The predicted molar refractivity (Wildman–Crippen MR) is 79.4 cm³/mol. The molecule has 0 aliphatic carbocycles. The molecule has 4 rings (SSSR count). The van der Waals surface area contributed by atoms with Gasteiger partial charge in [-0.15, -0.1) is 0 Å². The summed E-state index contributed by atoms with van der Waals surface area (Å²) in [5, 5.41) is 9.25. The summed E-state index contributed by atoms with van der Waals surface area (Å²) in [6.07, 6.45) is 1.03. The van der Waals surface area contributed by atoms with E-state index in [0.29, 0.717) is 25.0 Å². The third-order valence-corrected chi connectivity index (χ3v) is 5.19. The first-order valence-corrected chi connectivity index (χ1v) is 7.67. The summed E-state index contributed by atoms with van der Waals surface area (Å²) >= 11 is 0. The number of aryl methyl sites for hydroxylation is 1. The van der Waals surface area contributed by atoms with Crippen molar-refractivity contribution in [3.8, 4) is 5.75 Å². The van der Waals surface area contributed by atoms with Crippen LogP contribution in [0.3, 0.4) is 0 Å². The topological polar surface area (TPSA) is 53.0 Å². The van der Waals surface area contributed by atoms with Gasteiger partial charge in [-0.05, 0) is 37.0 Å². The van der Waals surface area contributed by atoms with Crippen molar-refractivity contribution >= 4 is 11.8 Å². The van der Waals surface area contributed by atoms with E-state index in [-0.39, 0.29) is 0 Å². The van der Waals surface area contributed by atoms with Gasteiger partial charge in [0.15, 0.2) is 0 Å². The van der Waals surface area contributed by atoms with Crippen LogP contribution in [-0.4, -0.2) is 48.4 Å². The molecule has 0 aromatic heterocycles. The molecule has 3 aliphatic heterocycles. The smallest absolute Gasteiger partial charge is 0.407 e. The molecule has 0 saturated carbocycles. The number of fused-ring (bicyclic) bond motifs is 3. The van der Waals surface area contributed by atoms with Crippen molar-refractivity contribution in [2.24, 2.45) is 0 Å². The maximum absolute atomic E-state index is 11.2. The molecule has 1 amide bonds. The highest BCUT2D eigenvalue weighted by molar-refractivity contribution is 5.73. The number of benzene rings is 1. The molecule has 0 spiro atoms. The Kier molecular flexibility index (Phi) is 2.77. The molecule has 3 heterocycles. The summed E-state index contributed by atoms with van der Waals surface area (Å²) in [7, 11) is 0. The molecule has 2 atom stereocenters. The lowest BCUT2D eigenvalue weighted by Crippen LogP contribution is -2.40. The van der Waals surface area contributed by atoms with E-state index in [0.717, 1.165) is 31.7 Å². The van der Waals surface area contributed by atoms with Crippen molar-refractivity contribution in [3.63, 3.8) is 0 Å². The monoisotopic (exact) mass is 288 g/mol. The van der Waals surface area contributed by atoms with Crippen molar-refractivity contribution in [1.29, 1.82) is 0 Å². The van der Waals surface area contributed by atoms with Crippen LogP contribution in [0.2, 0.25) is 0 Å². The minimum absolute atomic E-state index is 0.424. The third-order valence-electron chi connectivity index (χ3n) is 5.19. The zero-order chi connectivity index (χ0) is 14.6. The highest BCUT2D eigenvalue weighted by Gasteiger charge is 2.44. The van der Waals surface area contributed by atoms with Crippen LogP contribution >= 0.6 is 0 Å². The van der Waals surface area contributed by atoms with E-state index in [9.17, 15) is 9.90 Å². The molecule has 1 saturated heterocycles. The summed E-state index contributed by atoms with van der Waals surface area (Å²) in [6.45, 7) is 5.06. The normalized spacial score (nSPS) is 26.7. The summed E-state index contributed by atoms with van der Waals surface area (Å²) in [5.41, 5.74) is 3.98. The zero-order valence-corrected chi connectivity index (χ0v) is 12.2. The fourth-order valence-electron chi connectivity index (χ4n) is 4.26. The molecule has 5 nitrogen and oxygen atoms in total. The number of carbonyl (C=O) groups is 1. The summed E-state index contributed by atoms with van der Waals surface area (Å²) in [6, 6.07) is 4.64. The minimum atomic E-state index is -0.789. The lowest BCUT2D eigenvalue weighted by molar-refractivity contribution is 0.146. The van der Waals surface area contributed by atoms with E-state index < -0.39 is 6.09 Å². The van der Waals surface area contributed by atoms with Crippen LogP contribution in [0.4, 0.5) is 10.5 Å². The van der Waals surface area contributed by atoms with Gasteiger partial charge in [0.2, 0.25) is 0 Å². The second kappa shape index (κ2) is 4.55. The number of amides is 1. The average molecular weight is 288 g/mol. The molecule has 1 aromatic rings. The molecule has 1 fully saturated rings. The predicted octanol–water partition coefficient (Wildman–Crippen LogP) is 2.43. The van der Waals surface area contributed by atoms with Gasteiger partial charge in [-0.1, -0.05) is 6.07 Å². The van der Waals surface area contributed by atoms with Crippen molar-refractivity contribution in [1.82, 2.24) is 4.90 Å². The first-order chi connectivity index (χ1) is 10.2. The van der Waals surface area contributed by atoms with Crippen LogP contribution < -0.4 is 9.64 Å². The molecule has 1 aromatic carbocycles. The highest BCUT2D eigenvalue weighted by atomic mass is 16.5. The van der Waals surface area contributed by atoms with Crippen LogP contribution in [0.15, 0.2) is 12.1 Å². The first kappa shape index (κ1) is 12.8. The zero-order valence-electron chi connectivity index (χ0n) is 12.2. The van der Waals surface area contributed by atoms with Crippen LogP contribution in [-0.2, 0) is 0 Å². The molecule has 21 heavy (non-hydrogen) atoms. The van der Waals surface area contributed by atoms with E-state index in [1.54, 1.807) is 4.90 Å². The Morgan fingerprint density at radius 1 is 1.29 bits per heavy atom. The number of carboxylic acid groups (broad SMARTS) is 1. The molecular weight excluding hydrogens is 268 g/mol. The van der Waals surface area contributed by atoms with Crippen LogP contribution in [0.5, 0.6) is 5.75 Å². The summed E-state index contributed by atoms with van der Waals surface area (Å²) in [5.74, 6) is 1.44. The van der Waals surface area contributed by atoms with Gasteiger partial charge in [-0.2, -0.15) is 0 Å². The highest BCUT2D eigenvalue weighted by Crippen LogP contribution is 2.52. The standard InChI is InChI=1S/C16H20N2O3/c1-10-2-3-13-15-14(10)11-4-6-17(16(19)20)7-5-12(11)18(15)8-9-21-13/h2-3,11-12H,4-9H2,1H3,(H,19,20).